The molecule has 16 heavy (non-hydrogen) atoms. The van der Waals surface area contributed by atoms with Gasteiger partial charge in [0, 0.05) is 0 Å². The minimum absolute atomic E-state index is 0.0238. The van der Waals surface area contributed by atoms with Gasteiger partial charge in [0.15, 0.2) is 6.10 Å². The highest BCUT2D eigenvalue weighted by Gasteiger charge is 2.34. The molecule has 7 nitrogen and oxygen atoms in total. The molecule has 0 radical (unpaired) electrons. The van der Waals surface area contributed by atoms with Gasteiger partial charge in [-0.05, 0) is 6.42 Å². The molecule has 0 saturated carbocycles. The van der Waals surface area contributed by atoms with Crippen molar-refractivity contribution < 1.29 is 34.8 Å². The maximum Gasteiger partial charge on any atom is 0.377 e. The molecule has 0 spiro atoms. The van der Waals surface area contributed by atoms with E-state index in [1.807, 2.05) is 0 Å². The monoisotopic (exact) mass is 236 g/mol. The summed E-state index contributed by atoms with van der Waals surface area (Å²) in [4.78, 5) is 22.1. The molecule has 94 valence electrons. The Morgan fingerprint density at radius 2 is 1.81 bits per heavy atom. The van der Waals surface area contributed by atoms with Crippen molar-refractivity contribution >= 4 is 11.8 Å². The number of ether oxygens (including phenoxy) is 1. The van der Waals surface area contributed by atoms with E-state index in [0.29, 0.717) is 6.42 Å². The van der Waals surface area contributed by atoms with E-state index >= 15 is 0 Å². The number of aliphatic hydroxyl groups excluding tert-OH is 4. The Bertz CT molecular complexity index is 240. The number of hydrogen-bond donors (Lipinski definition) is 4. The van der Waals surface area contributed by atoms with Crippen molar-refractivity contribution in [3.8, 4) is 0 Å². The van der Waals surface area contributed by atoms with E-state index in [2.05, 4.69) is 4.74 Å². The third kappa shape index (κ3) is 4.23. The molecule has 4 N–H and O–H groups in total. The Balaban J connectivity index is 4.31. The second-order valence-corrected chi connectivity index (χ2v) is 3.19. The van der Waals surface area contributed by atoms with Crippen molar-refractivity contribution in [2.75, 3.05) is 13.2 Å². The molecule has 0 aliphatic rings. The first-order chi connectivity index (χ1) is 7.45. The van der Waals surface area contributed by atoms with Gasteiger partial charge in [0.1, 0.15) is 12.2 Å². The Kier molecular flexibility index (Phi) is 6.82. The van der Waals surface area contributed by atoms with Crippen molar-refractivity contribution in [3.05, 3.63) is 0 Å². The summed E-state index contributed by atoms with van der Waals surface area (Å²) < 4.78 is 4.43. The second-order valence-electron chi connectivity index (χ2n) is 3.19. The number of carbonyl (C=O) groups excluding carboxylic acids is 2. The molecule has 0 aliphatic heterocycles. The molecule has 0 aromatic carbocycles. The van der Waals surface area contributed by atoms with E-state index < -0.39 is 36.7 Å². The van der Waals surface area contributed by atoms with Crippen molar-refractivity contribution in [1.29, 1.82) is 0 Å². The first-order valence-corrected chi connectivity index (χ1v) is 4.81. The van der Waals surface area contributed by atoms with Crippen LogP contribution in [-0.4, -0.2) is 63.7 Å². The van der Waals surface area contributed by atoms with Crippen LogP contribution in [-0.2, 0) is 14.3 Å². The lowest BCUT2D eigenvalue weighted by atomic mass is 10.1. The maximum atomic E-state index is 11.1. The zero-order valence-corrected chi connectivity index (χ0v) is 8.87. The van der Waals surface area contributed by atoms with Crippen LogP contribution in [0.25, 0.3) is 0 Å². The van der Waals surface area contributed by atoms with E-state index in [1.165, 1.54) is 0 Å². The SMILES string of the molecule is CCCOC(=O)C(=O)[C@@H](O)[C@@H](O)[C@H](O)CO. The van der Waals surface area contributed by atoms with Gasteiger partial charge in [-0.1, -0.05) is 6.92 Å². The fraction of sp³-hybridized carbons (Fsp3) is 0.778. The van der Waals surface area contributed by atoms with E-state index in [0.717, 1.165) is 0 Å². The Morgan fingerprint density at radius 3 is 2.25 bits per heavy atom. The Hall–Kier alpha value is -1.02. The molecule has 0 aliphatic carbocycles. The second kappa shape index (κ2) is 7.29. The van der Waals surface area contributed by atoms with Gasteiger partial charge in [0.2, 0.25) is 0 Å². The highest BCUT2D eigenvalue weighted by atomic mass is 16.5. The van der Waals surface area contributed by atoms with Gasteiger partial charge in [-0.25, -0.2) is 4.79 Å². The quantitative estimate of drug-likeness (QED) is 0.286. The molecule has 0 bridgehead atoms. The maximum absolute atomic E-state index is 11.1. The predicted molar refractivity (Wildman–Crippen MR) is 51.4 cm³/mol. The van der Waals surface area contributed by atoms with Crippen LogP contribution in [0.15, 0.2) is 0 Å². The minimum atomic E-state index is -2.11. The molecule has 0 aromatic heterocycles. The summed E-state index contributed by atoms with van der Waals surface area (Å²) in [5, 5.41) is 35.7. The van der Waals surface area contributed by atoms with Crippen molar-refractivity contribution in [2.45, 2.75) is 31.7 Å². The highest BCUT2D eigenvalue weighted by molar-refractivity contribution is 6.35. The number of rotatable bonds is 7. The topological polar surface area (TPSA) is 124 Å². The summed E-state index contributed by atoms with van der Waals surface area (Å²) in [5.74, 6) is -2.63. The average Bonchev–Trinajstić information content (AvgIpc) is 2.31. The van der Waals surface area contributed by atoms with Crippen LogP contribution in [0.2, 0.25) is 0 Å². The number of ketones is 1. The molecular formula is C9H16O7. The zero-order chi connectivity index (χ0) is 12.7. The van der Waals surface area contributed by atoms with Gasteiger partial charge in [-0.2, -0.15) is 0 Å². The minimum Gasteiger partial charge on any atom is -0.460 e. The van der Waals surface area contributed by atoms with Crippen LogP contribution in [0, 0.1) is 0 Å². The summed E-state index contributed by atoms with van der Waals surface area (Å²) in [6, 6.07) is 0. The van der Waals surface area contributed by atoms with E-state index in [1.54, 1.807) is 6.92 Å². The van der Waals surface area contributed by atoms with Crippen LogP contribution in [0.3, 0.4) is 0 Å². The van der Waals surface area contributed by atoms with Crippen LogP contribution >= 0.6 is 0 Å². The third-order valence-corrected chi connectivity index (χ3v) is 1.81. The standard InChI is InChI=1S/C9H16O7/c1-2-3-16-9(15)8(14)7(13)6(12)5(11)4-10/h5-7,10-13H,2-4H2,1H3/t5-,6+,7+/m1/s1. The Labute approximate surface area is 92.3 Å². The van der Waals surface area contributed by atoms with Gasteiger partial charge in [0.05, 0.1) is 13.2 Å². The van der Waals surface area contributed by atoms with Crippen LogP contribution in [0.1, 0.15) is 13.3 Å². The summed E-state index contributed by atoms with van der Waals surface area (Å²) >= 11 is 0. The lowest BCUT2D eigenvalue weighted by molar-refractivity contribution is -0.163. The normalized spacial score (nSPS) is 16.3. The van der Waals surface area contributed by atoms with Gasteiger partial charge in [0.25, 0.3) is 5.78 Å². The summed E-state index contributed by atoms with van der Waals surface area (Å²) in [6.07, 6.45) is -5.21. The van der Waals surface area contributed by atoms with Crippen LogP contribution < -0.4 is 0 Å². The molecule has 0 aromatic rings. The largest absolute Gasteiger partial charge is 0.460 e. The van der Waals surface area contributed by atoms with Crippen molar-refractivity contribution in [1.82, 2.24) is 0 Å². The van der Waals surface area contributed by atoms with Gasteiger partial charge in [-0.15, -0.1) is 0 Å². The lowest BCUT2D eigenvalue weighted by Crippen LogP contribution is -2.46. The number of carbonyl (C=O) groups is 2. The molecule has 0 fully saturated rings. The van der Waals surface area contributed by atoms with Crippen LogP contribution in [0.5, 0.6) is 0 Å². The van der Waals surface area contributed by atoms with Gasteiger partial charge >= 0.3 is 5.97 Å². The van der Waals surface area contributed by atoms with Crippen molar-refractivity contribution in [2.24, 2.45) is 0 Å². The highest BCUT2D eigenvalue weighted by Crippen LogP contribution is 2.02. The molecule has 0 amide bonds. The molecule has 0 rings (SSSR count). The summed E-state index contributed by atoms with van der Waals surface area (Å²) in [5.41, 5.74) is 0. The molecular weight excluding hydrogens is 220 g/mol. The molecule has 3 atom stereocenters. The number of esters is 1. The van der Waals surface area contributed by atoms with E-state index in [9.17, 15) is 14.7 Å². The summed E-state index contributed by atoms with van der Waals surface area (Å²) in [7, 11) is 0. The van der Waals surface area contributed by atoms with Crippen LogP contribution in [0.4, 0.5) is 0 Å². The zero-order valence-electron chi connectivity index (χ0n) is 8.87. The Morgan fingerprint density at radius 1 is 1.25 bits per heavy atom. The smallest absolute Gasteiger partial charge is 0.377 e. The number of aliphatic hydroxyl groups is 4. The third-order valence-electron chi connectivity index (χ3n) is 1.81. The molecule has 0 heterocycles. The first kappa shape index (κ1) is 15.0. The first-order valence-electron chi connectivity index (χ1n) is 4.81. The average molecular weight is 236 g/mol. The molecule has 7 heteroatoms. The number of hydrogen-bond acceptors (Lipinski definition) is 7. The van der Waals surface area contributed by atoms with Gasteiger partial charge in [-0.3, -0.25) is 4.79 Å². The van der Waals surface area contributed by atoms with Gasteiger partial charge < -0.3 is 25.2 Å². The summed E-state index contributed by atoms with van der Waals surface area (Å²) in [6.45, 7) is 0.907. The number of Topliss-reactive ketones (excluding diaryl/α,β-unsaturated/α-hetero) is 1. The van der Waals surface area contributed by atoms with E-state index in [-0.39, 0.29) is 6.61 Å². The fourth-order valence-electron chi connectivity index (χ4n) is 0.860. The van der Waals surface area contributed by atoms with E-state index in [4.69, 9.17) is 15.3 Å². The predicted octanol–water partition coefficient (Wildman–Crippen LogP) is -2.42. The fourth-order valence-corrected chi connectivity index (χ4v) is 0.860. The lowest BCUT2D eigenvalue weighted by Gasteiger charge is -2.19. The molecule has 0 unspecified atom stereocenters. The van der Waals surface area contributed by atoms with Crippen molar-refractivity contribution in [3.63, 3.8) is 0 Å². The molecule has 0 saturated heterocycles.